The predicted molar refractivity (Wildman–Crippen MR) is 78.5 cm³/mol. The number of carbonyl (C=O) groups is 1. The predicted octanol–water partition coefficient (Wildman–Crippen LogP) is 1.11. The normalized spacial score (nSPS) is 11.8. The van der Waals surface area contributed by atoms with Gasteiger partial charge in [-0.25, -0.2) is 0 Å². The minimum Gasteiger partial charge on any atom is -0.493 e. The Kier molecular flexibility index (Phi) is 7.56. The molecule has 0 bridgehead atoms. The van der Waals surface area contributed by atoms with Gasteiger partial charge in [0.25, 0.3) is 0 Å². The number of benzene rings is 1. The molecule has 0 fully saturated rings. The van der Waals surface area contributed by atoms with Crippen LogP contribution >= 0.6 is 0 Å². The number of nitrogens with one attached hydrogen (secondary N) is 1. The number of methoxy groups -OCH3 is 2. The van der Waals surface area contributed by atoms with Crippen molar-refractivity contribution in [1.82, 2.24) is 5.32 Å². The van der Waals surface area contributed by atoms with Gasteiger partial charge in [-0.05, 0) is 24.2 Å². The summed E-state index contributed by atoms with van der Waals surface area (Å²) in [7, 11) is 2.91. The van der Waals surface area contributed by atoms with E-state index in [1.165, 1.54) is 7.11 Å². The van der Waals surface area contributed by atoms with E-state index in [9.17, 15) is 4.79 Å². The van der Waals surface area contributed by atoms with Crippen molar-refractivity contribution in [2.45, 2.75) is 26.0 Å². The van der Waals surface area contributed by atoms with Gasteiger partial charge in [-0.15, -0.1) is 0 Å². The van der Waals surface area contributed by atoms with Gasteiger partial charge in [0.15, 0.2) is 11.5 Å². The van der Waals surface area contributed by atoms with Gasteiger partial charge in [0.1, 0.15) is 6.04 Å². The molecule has 0 radical (unpaired) electrons. The molecule has 1 aromatic carbocycles. The van der Waals surface area contributed by atoms with Crippen LogP contribution in [0.15, 0.2) is 18.2 Å². The van der Waals surface area contributed by atoms with Crippen molar-refractivity contribution < 1.29 is 24.1 Å². The molecule has 0 heterocycles. The summed E-state index contributed by atoms with van der Waals surface area (Å²) in [6, 6.07) is 4.84. The van der Waals surface area contributed by atoms with Crippen molar-refractivity contribution in [3.63, 3.8) is 0 Å². The Labute approximate surface area is 125 Å². The summed E-state index contributed by atoms with van der Waals surface area (Å²) in [5, 5.41) is 12.1. The fraction of sp³-hybridized carbons (Fsp3) is 0.533. The molecule has 0 saturated heterocycles. The fourth-order valence-corrected chi connectivity index (χ4v) is 1.91. The minimum atomic E-state index is -0.386. The first kappa shape index (κ1) is 17.3. The van der Waals surface area contributed by atoms with Crippen LogP contribution in [-0.4, -0.2) is 44.5 Å². The van der Waals surface area contributed by atoms with E-state index < -0.39 is 0 Å². The number of carbonyl (C=O) groups excluding carboxylic acids is 1. The number of hydrogen-bond acceptors (Lipinski definition) is 6. The number of aliphatic hydroxyl groups is 1. The smallest absolute Gasteiger partial charge is 0.322 e. The standard InChI is InChI=1S/C15H23NO5/c1-4-16-12(15(18)20-3)7-8-21-13-6-5-11(10-17)9-14(13)19-2/h5-6,9,12,16-17H,4,7-8,10H2,1-3H3. The molecule has 6 heteroatoms. The summed E-state index contributed by atoms with van der Waals surface area (Å²) >= 11 is 0. The quantitative estimate of drug-likeness (QED) is 0.665. The van der Waals surface area contributed by atoms with Gasteiger partial charge in [-0.3, -0.25) is 4.79 Å². The molecule has 1 rings (SSSR count). The Balaban J connectivity index is 2.59. The van der Waals surface area contributed by atoms with Crippen LogP contribution in [0.3, 0.4) is 0 Å². The topological polar surface area (TPSA) is 77.0 Å². The van der Waals surface area contributed by atoms with E-state index in [-0.39, 0.29) is 18.6 Å². The number of ether oxygens (including phenoxy) is 3. The monoisotopic (exact) mass is 297 g/mol. The van der Waals surface area contributed by atoms with E-state index >= 15 is 0 Å². The molecule has 1 aromatic rings. The Bertz CT molecular complexity index is 450. The van der Waals surface area contributed by atoms with E-state index in [1.54, 1.807) is 25.3 Å². The summed E-state index contributed by atoms with van der Waals surface area (Å²) in [4.78, 5) is 11.6. The molecule has 0 spiro atoms. The number of esters is 1. The van der Waals surface area contributed by atoms with E-state index in [4.69, 9.17) is 19.3 Å². The van der Waals surface area contributed by atoms with Crippen molar-refractivity contribution in [3.05, 3.63) is 23.8 Å². The lowest BCUT2D eigenvalue weighted by Crippen LogP contribution is -2.38. The molecule has 0 saturated carbocycles. The van der Waals surface area contributed by atoms with Crippen LogP contribution in [0.4, 0.5) is 0 Å². The summed E-state index contributed by atoms with van der Waals surface area (Å²) in [5.41, 5.74) is 0.749. The summed E-state index contributed by atoms with van der Waals surface area (Å²) in [6.45, 7) is 2.89. The largest absolute Gasteiger partial charge is 0.493 e. The van der Waals surface area contributed by atoms with E-state index in [0.29, 0.717) is 31.1 Å². The molecule has 1 unspecified atom stereocenters. The molecular weight excluding hydrogens is 274 g/mol. The van der Waals surface area contributed by atoms with Crippen molar-refractivity contribution in [3.8, 4) is 11.5 Å². The van der Waals surface area contributed by atoms with Gasteiger partial charge in [0.2, 0.25) is 0 Å². The highest BCUT2D eigenvalue weighted by Gasteiger charge is 2.18. The Morgan fingerprint density at radius 1 is 1.33 bits per heavy atom. The minimum absolute atomic E-state index is 0.0541. The second-order valence-electron chi connectivity index (χ2n) is 4.41. The average molecular weight is 297 g/mol. The van der Waals surface area contributed by atoms with Crippen molar-refractivity contribution in [2.75, 3.05) is 27.4 Å². The first-order chi connectivity index (χ1) is 10.2. The lowest BCUT2D eigenvalue weighted by atomic mass is 10.2. The number of aliphatic hydroxyl groups excluding tert-OH is 1. The molecule has 6 nitrogen and oxygen atoms in total. The Morgan fingerprint density at radius 3 is 2.67 bits per heavy atom. The maximum atomic E-state index is 11.6. The second kappa shape index (κ2) is 9.20. The van der Waals surface area contributed by atoms with Crippen molar-refractivity contribution >= 4 is 5.97 Å². The molecule has 0 amide bonds. The van der Waals surface area contributed by atoms with Crippen LogP contribution in [0.1, 0.15) is 18.9 Å². The zero-order valence-corrected chi connectivity index (χ0v) is 12.7. The van der Waals surface area contributed by atoms with Crippen molar-refractivity contribution in [1.29, 1.82) is 0 Å². The first-order valence-electron chi connectivity index (χ1n) is 6.88. The van der Waals surface area contributed by atoms with Crippen LogP contribution in [0.2, 0.25) is 0 Å². The second-order valence-corrected chi connectivity index (χ2v) is 4.41. The lowest BCUT2D eigenvalue weighted by Gasteiger charge is -2.16. The first-order valence-corrected chi connectivity index (χ1v) is 6.88. The zero-order valence-electron chi connectivity index (χ0n) is 12.7. The van der Waals surface area contributed by atoms with E-state index in [2.05, 4.69) is 5.32 Å². The van der Waals surface area contributed by atoms with Gasteiger partial charge in [-0.2, -0.15) is 0 Å². The Hall–Kier alpha value is -1.79. The highest BCUT2D eigenvalue weighted by Crippen LogP contribution is 2.28. The molecule has 118 valence electrons. The highest BCUT2D eigenvalue weighted by atomic mass is 16.5. The zero-order chi connectivity index (χ0) is 15.7. The SMILES string of the molecule is CCNC(CCOc1ccc(CO)cc1OC)C(=O)OC. The number of hydrogen-bond donors (Lipinski definition) is 2. The Morgan fingerprint density at radius 2 is 2.10 bits per heavy atom. The maximum Gasteiger partial charge on any atom is 0.322 e. The van der Waals surface area contributed by atoms with Crippen LogP contribution in [0.25, 0.3) is 0 Å². The highest BCUT2D eigenvalue weighted by molar-refractivity contribution is 5.75. The van der Waals surface area contributed by atoms with Crippen LogP contribution in [0.5, 0.6) is 11.5 Å². The summed E-state index contributed by atoms with van der Waals surface area (Å²) in [5.74, 6) is 0.831. The third-order valence-corrected chi connectivity index (χ3v) is 3.01. The van der Waals surface area contributed by atoms with Gasteiger partial charge < -0.3 is 24.6 Å². The van der Waals surface area contributed by atoms with Gasteiger partial charge >= 0.3 is 5.97 Å². The third kappa shape index (κ3) is 5.24. The number of likely N-dealkylation sites (N-methyl/N-ethyl adjacent to an activating group) is 1. The van der Waals surface area contributed by atoms with Crippen LogP contribution in [-0.2, 0) is 16.1 Å². The van der Waals surface area contributed by atoms with Crippen LogP contribution in [0, 0.1) is 0 Å². The molecule has 0 aliphatic carbocycles. The average Bonchev–Trinajstić information content (AvgIpc) is 2.53. The third-order valence-electron chi connectivity index (χ3n) is 3.01. The molecule has 1 atom stereocenters. The summed E-state index contributed by atoms with van der Waals surface area (Å²) in [6.07, 6.45) is 0.491. The van der Waals surface area contributed by atoms with Crippen LogP contribution < -0.4 is 14.8 Å². The van der Waals surface area contributed by atoms with Gasteiger partial charge in [-0.1, -0.05) is 13.0 Å². The summed E-state index contributed by atoms with van der Waals surface area (Å²) < 4.78 is 15.6. The maximum absolute atomic E-state index is 11.6. The number of rotatable bonds is 9. The molecular formula is C15H23NO5. The van der Waals surface area contributed by atoms with Crippen molar-refractivity contribution in [2.24, 2.45) is 0 Å². The molecule has 0 aliphatic heterocycles. The lowest BCUT2D eigenvalue weighted by molar-refractivity contribution is -0.143. The molecule has 0 aromatic heterocycles. The van der Waals surface area contributed by atoms with Gasteiger partial charge in [0, 0.05) is 6.42 Å². The molecule has 2 N–H and O–H groups in total. The molecule has 21 heavy (non-hydrogen) atoms. The molecule has 0 aliphatic rings. The van der Waals surface area contributed by atoms with E-state index in [1.807, 2.05) is 6.92 Å². The fourth-order valence-electron chi connectivity index (χ4n) is 1.91. The van der Waals surface area contributed by atoms with Gasteiger partial charge in [0.05, 0.1) is 27.4 Å². The van der Waals surface area contributed by atoms with E-state index in [0.717, 1.165) is 5.56 Å².